The van der Waals surface area contributed by atoms with E-state index in [1.54, 1.807) is 14.2 Å². The number of hydrogen-bond acceptors (Lipinski definition) is 7. The summed E-state index contributed by atoms with van der Waals surface area (Å²) in [5, 5.41) is 2.09. The number of ether oxygens (including phenoxy) is 2. The molecule has 0 aliphatic carbocycles. The lowest BCUT2D eigenvalue weighted by molar-refractivity contribution is 0.145. The Morgan fingerprint density at radius 3 is 2.30 bits per heavy atom. The number of benzene rings is 1. The highest BCUT2D eigenvalue weighted by Gasteiger charge is 2.21. The molecule has 4 rings (SSSR count). The van der Waals surface area contributed by atoms with Gasteiger partial charge in [0.2, 0.25) is 0 Å². The van der Waals surface area contributed by atoms with Gasteiger partial charge in [-0.15, -0.1) is 0 Å². The van der Waals surface area contributed by atoms with Crippen LogP contribution in [0.15, 0.2) is 12.1 Å². The van der Waals surface area contributed by atoms with Crippen LogP contribution < -0.4 is 14.4 Å². The lowest BCUT2D eigenvalue weighted by atomic mass is 10.1. The molecule has 0 amide bonds. The zero-order valence-corrected chi connectivity index (χ0v) is 18.7. The van der Waals surface area contributed by atoms with Crippen molar-refractivity contribution < 1.29 is 9.47 Å². The second-order valence-corrected chi connectivity index (χ2v) is 7.82. The van der Waals surface area contributed by atoms with Crippen LogP contribution >= 0.6 is 0 Å². The summed E-state index contributed by atoms with van der Waals surface area (Å²) in [4.78, 5) is 20.5. The molecule has 0 bridgehead atoms. The van der Waals surface area contributed by atoms with E-state index in [1.807, 2.05) is 12.1 Å². The summed E-state index contributed by atoms with van der Waals surface area (Å²) in [6.45, 7) is 11.1. The first kappa shape index (κ1) is 20.7. The average molecular weight is 413 g/mol. The predicted octanol–water partition coefficient (Wildman–Crippen LogP) is 2.72. The molecule has 1 aliphatic rings. The molecule has 3 aromatic rings. The lowest BCUT2D eigenvalue weighted by Crippen LogP contribution is -2.44. The molecule has 0 saturated carbocycles. The average Bonchev–Trinajstić information content (AvgIpc) is 3.12. The van der Waals surface area contributed by atoms with Crippen LogP contribution in [0.5, 0.6) is 11.5 Å². The van der Waals surface area contributed by atoms with E-state index in [9.17, 15) is 0 Å². The van der Waals surface area contributed by atoms with E-state index in [1.165, 1.54) is 0 Å². The van der Waals surface area contributed by atoms with Crippen LogP contribution in [0.2, 0.25) is 0 Å². The first-order chi connectivity index (χ1) is 14.6. The monoisotopic (exact) mass is 412 g/mol. The Morgan fingerprint density at radius 2 is 1.67 bits per heavy atom. The number of methoxy groups -OCH3 is 2. The smallest absolute Gasteiger partial charge is 0.162 e. The molecular formula is C22H32N6O2. The summed E-state index contributed by atoms with van der Waals surface area (Å²) in [5.74, 6) is 3.25. The van der Waals surface area contributed by atoms with E-state index in [4.69, 9.17) is 19.4 Å². The van der Waals surface area contributed by atoms with E-state index in [0.717, 1.165) is 79.4 Å². The molecule has 3 heterocycles. The molecule has 0 atom stereocenters. The quantitative estimate of drug-likeness (QED) is 0.640. The van der Waals surface area contributed by atoms with Gasteiger partial charge in [0, 0.05) is 50.7 Å². The minimum atomic E-state index is 0.701. The van der Waals surface area contributed by atoms with E-state index >= 15 is 0 Å². The van der Waals surface area contributed by atoms with Crippen LogP contribution in [0.1, 0.15) is 19.7 Å². The Bertz CT molecular complexity index is 1020. The summed E-state index contributed by atoms with van der Waals surface area (Å²) in [7, 11) is 5.49. The van der Waals surface area contributed by atoms with Gasteiger partial charge in [-0.3, -0.25) is 4.90 Å². The molecule has 0 unspecified atom stereocenters. The van der Waals surface area contributed by atoms with E-state index in [0.29, 0.717) is 11.5 Å². The van der Waals surface area contributed by atoms with Gasteiger partial charge in [0.1, 0.15) is 17.3 Å². The van der Waals surface area contributed by atoms with Crippen LogP contribution in [-0.4, -0.2) is 85.3 Å². The Kier molecular flexibility index (Phi) is 5.97. The van der Waals surface area contributed by atoms with Gasteiger partial charge in [-0.25, -0.2) is 9.97 Å². The minimum Gasteiger partial charge on any atom is -0.493 e. The van der Waals surface area contributed by atoms with Crippen molar-refractivity contribution in [2.75, 3.05) is 65.4 Å². The molecule has 8 heteroatoms. The Balaban J connectivity index is 1.84. The lowest BCUT2D eigenvalue weighted by Gasteiger charge is -2.32. The van der Waals surface area contributed by atoms with Crippen molar-refractivity contribution in [3.05, 3.63) is 18.0 Å². The molecule has 1 aromatic carbocycles. The first-order valence-electron chi connectivity index (χ1n) is 10.7. The fourth-order valence-electron chi connectivity index (χ4n) is 4.18. The maximum Gasteiger partial charge on any atom is 0.162 e. The first-order valence-corrected chi connectivity index (χ1v) is 10.7. The third-order valence-electron chi connectivity index (χ3n) is 6.01. The summed E-state index contributed by atoms with van der Waals surface area (Å²) >= 11 is 0. The number of piperazine rings is 1. The zero-order chi connectivity index (χ0) is 21.3. The van der Waals surface area contributed by atoms with Crippen LogP contribution in [0.4, 0.5) is 5.82 Å². The molecule has 0 spiro atoms. The molecule has 30 heavy (non-hydrogen) atoms. The fraction of sp³-hybridized carbons (Fsp3) is 0.545. The highest BCUT2D eigenvalue weighted by molar-refractivity contribution is 6.12. The molecule has 8 nitrogen and oxygen atoms in total. The second-order valence-electron chi connectivity index (χ2n) is 7.82. The van der Waals surface area contributed by atoms with Gasteiger partial charge in [-0.1, -0.05) is 0 Å². The predicted molar refractivity (Wildman–Crippen MR) is 121 cm³/mol. The molecule has 1 aliphatic heterocycles. The largest absolute Gasteiger partial charge is 0.493 e. The zero-order valence-electron chi connectivity index (χ0n) is 18.7. The topological polar surface area (TPSA) is 69.8 Å². The van der Waals surface area contributed by atoms with Crippen LogP contribution in [-0.2, 0) is 6.54 Å². The number of aromatic nitrogens is 3. The number of nitrogens with zero attached hydrogens (tertiary/aromatic N) is 5. The third-order valence-corrected chi connectivity index (χ3v) is 6.01. The maximum atomic E-state index is 5.54. The van der Waals surface area contributed by atoms with Gasteiger partial charge >= 0.3 is 0 Å². The van der Waals surface area contributed by atoms with Crippen molar-refractivity contribution >= 4 is 27.8 Å². The van der Waals surface area contributed by atoms with E-state index in [-0.39, 0.29) is 0 Å². The van der Waals surface area contributed by atoms with Gasteiger partial charge in [-0.2, -0.15) is 0 Å². The van der Waals surface area contributed by atoms with Crippen molar-refractivity contribution in [3.8, 4) is 11.5 Å². The Morgan fingerprint density at radius 1 is 1.00 bits per heavy atom. The normalized spacial score (nSPS) is 15.8. The highest BCUT2D eigenvalue weighted by Crippen LogP contribution is 2.38. The van der Waals surface area contributed by atoms with Crippen molar-refractivity contribution in [3.63, 3.8) is 0 Å². The molecule has 1 saturated heterocycles. The second kappa shape index (κ2) is 8.65. The van der Waals surface area contributed by atoms with E-state index in [2.05, 4.69) is 40.6 Å². The summed E-state index contributed by atoms with van der Waals surface area (Å²) in [5.41, 5.74) is 1.84. The number of H-pyrrole nitrogens is 1. The highest BCUT2D eigenvalue weighted by atomic mass is 16.5. The molecular weight excluding hydrogens is 380 g/mol. The van der Waals surface area contributed by atoms with E-state index < -0.39 is 0 Å². The van der Waals surface area contributed by atoms with Gasteiger partial charge in [-0.05, 0) is 27.0 Å². The van der Waals surface area contributed by atoms with Crippen LogP contribution in [0.3, 0.4) is 0 Å². The Labute approximate surface area is 177 Å². The molecule has 1 fully saturated rings. The molecule has 1 N–H and O–H groups in total. The third kappa shape index (κ3) is 3.77. The maximum absolute atomic E-state index is 5.54. The number of nitrogens with one attached hydrogen (secondary N) is 1. The van der Waals surface area contributed by atoms with Gasteiger partial charge < -0.3 is 24.3 Å². The minimum absolute atomic E-state index is 0.701. The SMILES string of the molecule is CCN(CC)c1nc(CN2CCN(C)CC2)nc2[nH]c3cc(OC)c(OC)cc3c12. The number of likely N-dealkylation sites (N-methyl/N-ethyl adjacent to an activating group) is 1. The summed E-state index contributed by atoms with van der Waals surface area (Å²) in [6.07, 6.45) is 0. The number of rotatable bonds is 7. The van der Waals surface area contributed by atoms with Crippen LogP contribution in [0, 0.1) is 0 Å². The summed E-state index contributed by atoms with van der Waals surface area (Å²) < 4.78 is 11.0. The van der Waals surface area contributed by atoms with Crippen LogP contribution in [0.25, 0.3) is 21.9 Å². The van der Waals surface area contributed by atoms with Gasteiger partial charge in [0.25, 0.3) is 0 Å². The molecule has 162 valence electrons. The van der Waals surface area contributed by atoms with Gasteiger partial charge in [0.15, 0.2) is 11.5 Å². The van der Waals surface area contributed by atoms with Gasteiger partial charge in [0.05, 0.1) is 31.7 Å². The number of fused-ring (bicyclic) bond motifs is 3. The number of anilines is 1. The Hall–Kier alpha value is -2.58. The fourth-order valence-corrected chi connectivity index (χ4v) is 4.18. The molecule has 2 aromatic heterocycles. The number of aromatic amines is 1. The van der Waals surface area contributed by atoms with Crippen molar-refractivity contribution in [1.29, 1.82) is 0 Å². The number of hydrogen-bond donors (Lipinski definition) is 1. The standard InChI is InChI=1S/C22H32N6O2/c1-6-28(7-2)22-20-15-12-17(29-4)18(30-5)13-16(15)23-21(20)24-19(25-22)14-27-10-8-26(3)9-11-27/h12-13H,6-11,14H2,1-5H3,(H,23,24,25). The van der Waals surface area contributed by atoms with Crippen molar-refractivity contribution in [2.45, 2.75) is 20.4 Å². The van der Waals surface area contributed by atoms with Crippen molar-refractivity contribution in [1.82, 2.24) is 24.8 Å². The summed E-state index contributed by atoms with van der Waals surface area (Å²) in [6, 6.07) is 3.99. The van der Waals surface area contributed by atoms with Crippen molar-refractivity contribution in [2.24, 2.45) is 0 Å². The molecule has 0 radical (unpaired) electrons.